The van der Waals surface area contributed by atoms with Gasteiger partial charge in [-0.15, -0.1) is 0 Å². The number of imidazole rings is 1. The van der Waals surface area contributed by atoms with Crippen molar-refractivity contribution in [3.05, 3.63) is 63.6 Å². The van der Waals surface area contributed by atoms with Gasteiger partial charge in [0.1, 0.15) is 11.6 Å². The predicted octanol–water partition coefficient (Wildman–Crippen LogP) is 1.92. The minimum Gasteiger partial charge on any atom is -0.342 e. The maximum atomic E-state index is 13.2. The molecule has 2 aromatic heterocycles. The maximum absolute atomic E-state index is 13.2. The van der Waals surface area contributed by atoms with Gasteiger partial charge in [0.05, 0.1) is 11.0 Å². The molecule has 1 aromatic carbocycles. The van der Waals surface area contributed by atoms with E-state index in [-0.39, 0.29) is 17.3 Å². The molecule has 134 valence electrons. The molecule has 1 amide bonds. The standard InChI is InChI=1S/C19H19FN4O2/c1-23-10-13-11-24(7-6-12(13)8-19(23)26)18(25)5-4-17-21-15-3-2-14(20)9-16(15)22-17/h2-3,8-10H,4-7,11H2,1H3,(H,21,22). The molecular formula is C19H19FN4O2. The van der Waals surface area contributed by atoms with E-state index >= 15 is 0 Å². The summed E-state index contributed by atoms with van der Waals surface area (Å²) in [5, 5.41) is 0. The van der Waals surface area contributed by atoms with Crippen molar-refractivity contribution < 1.29 is 9.18 Å². The Labute approximate surface area is 149 Å². The summed E-state index contributed by atoms with van der Waals surface area (Å²) in [5.41, 5.74) is 3.36. The number of aromatic amines is 1. The number of H-pyrrole nitrogens is 1. The summed E-state index contributed by atoms with van der Waals surface area (Å²) in [6.07, 6.45) is 3.32. The number of fused-ring (bicyclic) bond motifs is 2. The third-order valence-electron chi connectivity index (χ3n) is 4.84. The number of hydrogen-bond donors (Lipinski definition) is 1. The summed E-state index contributed by atoms with van der Waals surface area (Å²) in [7, 11) is 1.72. The number of benzene rings is 1. The van der Waals surface area contributed by atoms with Crippen molar-refractivity contribution in [2.45, 2.75) is 25.8 Å². The molecule has 1 aliphatic heterocycles. The Morgan fingerprint density at radius 2 is 2.15 bits per heavy atom. The lowest BCUT2D eigenvalue weighted by atomic mass is 10.0. The molecule has 3 aromatic rings. The molecule has 1 N–H and O–H groups in total. The van der Waals surface area contributed by atoms with Crippen molar-refractivity contribution in [1.82, 2.24) is 19.4 Å². The highest BCUT2D eigenvalue weighted by atomic mass is 19.1. The third kappa shape index (κ3) is 3.12. The molecule has 7 heteroatoms. The van der Waals surface area contributed by atoms with Gasteiger partial charge in [0, 0.05) is 45.2 Å². The van der Waals surface area contributed by atoms with E-state index in [1.807, 2.05) is 11.1 Å². The summed E-state index contributed by atoms with van der Waals surface area (Å²) in [4.78, 5) is 33.5. The Bertz CT molecular complexity index is 1050. The Morgan fingerprint density at radius 1 is 1.31 bits per heavy atom. The lowest BCUT2D eigenvalue weighted by Gasteiger charge is -2.29. The van der Waals surface area contributed by atoms with Crippen molar-refractivity contribution in [1.29, 1.82) is 0 Å². The predicted molar refractivity (Wildman–Crippen MR) is 95.2 cm³/mol. The average molecular weight is 354 g/mol. The lowest BCUT2D eigenvalue weighted by molar-refractivity contribution is -0.132. The van der Waals surface area contributed by atoms with Crippen molar-refractivity contribution in [3.8, 4) is 0 Å². The maximum Gasteiger partial charge on any atom is 0.250 e. The fraction of sp³-hybridized carbons (Fsp3) is 0.316. The number of rotatable bonds is 3. The molecule has 0 spiro atoms. The molecular weight excluding hydrogens is 335 g/mol. The Kier molecular flexibility index (Phi) is 4.06. The number of carbonyl (C=O) groups excluding carboxylic acids is 1. The number of aromatic nitrogens is 3. The molecule has 0 saturated heterocycles. The summed E-state index contributed by atoms with van der Waals surface area (Å²) >= 11 is 0. The molecule has 0 bridgehead atoms. The zero-order valence-corrected chi connectivity index (χ0v) is 14.5. The number of carbonyl (C=O) groups is 1. The van der Waals surface area contributed by atoms with Crippen molar-refractivity contribution in [2.24, 2.45) is 7.05 Å². The normalized spacial score (nSPS) is 13.8. The fourth-order valence-electron chi connectivity index (χ4n) is 3.39. The van der Waals surface area contributed by atoms with Crippen LogP contribution in [0.4, 0.5) is 4.39 Å². The van der Waals surface area contributed by atoms with E-state index in [1.165, 1.54) is 12.1 Å². The van der Waals surface area contributed by atoms with Crippen molar-refractivity contribution >= 4 is 16.9 Å². The van der Waals surface area contributed by atoms with Gasteiger partial charge in [0.25, 0.3) is 5.56 Å². The number of pyridine rings is 1. The largest absolute Gasteiger partial charge is 0.342 e. The summed E-state index contributed by atoms with van der Waals surface area (Å²) in [6.45, 7) is 1.14. The summed E-state index contributed by atoms with van der Waals surface area (Å²) in [5.74, 6) is 0.417. The van der Waals surface area contributed by atoms with Crippen LogP contribution in [0.1, 0.15) is 23.4 Å². The van der Waals surface area contributed by atoms with Crippen LogP contribution >= 0.6 is 0 Å². The topological polar surface area (TPSA) is 71.0 Å². The van der Waals surface area contributed by atoms with Gasteiger partial charge in [-0.1, -0.05) is 0 Å². The van der Waals surface area contributed by atoms with Crippen LogP contribution in [0.25, 0.3) is 11.0 Å². The fourth-order valence-corrected chi connectivity index (χ4v) is 3.39. The van der Waals surface area contributed by atoms with Gasteiger partial charge in [-0.05, 0) is 35.7 Å². The zero-order chi connectivity index (χ0) is 18.3. The van der Waals surface area contributed by atoms with Crippen LogP contribution in [0.3, 0.4) is 0 Å². The highest BCUT2D eigenvalue weighted by Crippen LogP contribution is 2.19. The van der Waals surface area contributed by atoms with E-state index in [4.69, 9.17) is 0 Å². The number of amides is 1. The van der Waals surface area contributed by atoms with Gasteiger partial charge in [0.2, 0.25) is 5.91 Å². The third-order valence-corrected chi connectivity index (χ3v) is 4.84. The first kappa shape index (κ1) is 16.5. The quantitative estimate of drug-likeness (QED) is 0.781. The number of nitrogens with one attached hydrogen (secondary N) is 1. The van der Waals surface area contributed by atoms with Crippen LogP contribution in [-0.2, 0) is 31.2 Å². The smallest absolute Gasteiger partial charge is 0.250 e. The molecule has 0 aliphatic carbocycles. The van der Waals surface area contributed by atoms with Gasteiger partial charge >= 0.3 is 0 Å². The molecule has 4 rings (SSSR count). The molecule has 1 aliphatic rings. The Hall–Kier alpha value is -2.96. The minimum atomic E-state index is -0.315. The molecule has 0 fully saturated rings. The highest BCUT2D eigenvalue weighted by molar-refractivity contribution is 5.77. The molecule has 0 radical (unpaired) electrons. The zero-order valence-electron chi connectivity index (χ0n) is 14.5. The molecule has 0 unspecified atom stereocenters. The van der Waals surface area contributed by atoms with Crippen LogP contribution in [0.2, 0.25) is 0 Å². The second-order valence-corrected chi connectivity index (χ2v) is 6.68. The van der Waals surface area contributed by atoms with E-state index in [9.17, 15) is 14.0 Å². The molecule has 26 heavy (non-hydrogen) atoms. The highest BCUT2D eigenvalue weighted by Gasteiger charge is 2.21. The number of nitrogens with zero attached hydrogens (tertiary/aromatic N) is 3. The summed E-state index contributed by atoms with van der Waals surface area (Å²) < 4.78 is 14.8. The van der Waals surface area contributed by atoms with E-state index in [2.05, 4.69) is 9.97 Å². The van der Waals surface area contributed by atoms with Crippen LogP contribution in [0.15, 0.2) is 35.3 Å². The van der Waals surface area contributed by atoms with Crippen LogP contribution < -0.4 is 5.56 Å². The molecule has 3 heterocycles. The monoisotopic (exact) mass is 354 g/mol. The van der Waals surface area contributed by atoms with Crippen LogP contribution in [-0.4, -0.2) is 31.9 Å². The molecule has 6 nitrogen and oxygen atoms in total. The van der Waals surface area contributed by atoms with E-state index in [0.29, 0.717) is 49.2 Å². The van der Waals surface area contributed by atoms with Gasteiger partial charge in [-0.3, -0.25) is 9.59 Å². The number of halogens is 1. The number of hydrogen-bond acceptors (Lipinski definition) is 3. The summed E-state index contributed by atoms with van der Waals surface area (Å²) in [6, 6.07) is 6.05. The second kappa shape index (κ2) is 6.40. The molecule has 0 saturated carbocycles. The Morgan fingerprint density at radius 3 is 3.00 bits per heavy atom. The van der Waals surface area contributed by atoms with E-state index in [0.717, 1.165) is 11.1 Å². The van der Waals surface area contributed by atoms with Gasteiger partial charge < -0.3 is 14.5 Å². The Balaban J connectivity index is 1.43. The first-order chi connectivity index (χ1) is 12.5. The van der Waals surface area contributed by atoms with Gasteiger partial charge in [0.15, 0.2) is 0 Å². The molecule has 0 atom stereocenters. The second-order valence-electron chi connectivity index (χ2n) is 6.68. The van der Waals surface area contributed by atoms with Crippen LogP contribution in [0.5, 0.6) is 0 Å². The van der Waals surface area contributed by atoms with E-state index in [1.54, 1.807) is 23.7 Å². The van der Waals surface area contributed by atoms with Crippen LogP contribution in [0, 0.1) is 5.82 Å². The first-order valence-electron chi connectivity index (χ1n) is 8.60. The van der Waals surface area contributed by atoms with Crippen molar-refractivity contribution in [2.75, 3.05) is 6.54 Å². The first-order valence-corrected chi connectivity index (χ1v) is 8.60. The van der Waals surface area contributed by atoms with E-state index < -0.39 is 0 Å². The lowest BCUT2D eigenvalue weighted by Crippen LogP contribution is -2.37. The minimum absolute atomic E-state index is 0.0233. The van der Waals surface area contributed by atoms with Crippen molar-refractivity contribution in [3.63, 3.8) is 0 Å². The number of aryl methyl sites for hydroxylation is 2. The average Bonchev–Trinajstić information content (AvgIpc) is 3.02. The SMILES string of the molecule is Cn1cc2c(cc1=O)CCN(C(=O)CCc1nc3ccc(F)cc3[nH]1)C2. The van der Waals surface area contributed by atoms with Gasteiger partial charge in [-0.25, -0.2) is 9.37 Å². The van der Waals surface area contributed by atoms with Gasteiger partial charge in [-0.2, -0.15) is 0 Å².